The minimum atomic E-state index is -0.0311. The summed E-state index contributed by atoms with van der Waals surface area (Å²) >= 11 is 3.37. The van der Waals surface area contributed by atoms with Crippen LogP contribution in [0.2, 0.25) is 0 Å². The number of hydrogen-bond donors (Lipinski definition) is 1. The molecule has 0 aromatic heterocycles. The largest absolute Gasteiger partial charge is 0.507 e. The monoisotopic (exact) mass is 280 g/mol. The summed E-state index contributed by atoms with van der Waals surface area (Å²) in [6.07, 6.45) is 0.641. The average Bonchev–Trinajstić information content (AvgIpc) is 2.30. The van der Waals surface area contributed by atoms with Crippen LogP contribution in [0.3, 0.4) is 0 Å². The number of ether oxygens (including phenoxy) is 1. The van der Waals surface area contributed by atoms with E-state index in [-0.39, 0.29) is 11.3 Å². The topological polar surface area (TPSA) is 46.5 Å². The number of carbonyl (C=O) groups excluding carboxylic acids is 1. The van der Waals surface area contributed by atoms with Gasteiger partial charge in [-0.25, -0.2) is 0 Å². The summed E-state index contributed by atoms with van der Waals surface area (Å²) in [4.78, 5) is 11.0. The predicted octanol–water partition coefficient (Wildman–Crippen LogP) is 3.13. The van der Waals surface area contributed by atoms with Crippen molar-refractivity contribution in [1.29, 1.82) is 0 Å². The fourth-order valence-electron chi connectivity index (χ4n) is 1.65. The van der Waals surface area contributed by atoms with Crippen molar-refractivity contribution in [3.8, 4) is 11.5 Å². The van der Waals surface area contributed by atoms with E-state index in [1.54, 1.807) is 19.2 Å². The molecule has 0 saturated heterocycles. The molecule has 0 saturated carbocycles. The molecule has 0 unspecified atom stereocenters. The number of carbonyl (C=O) groups is 1. The zero-order chi connectivity index (χ0) is 11.7. The molecular weight excluding hydrogens is 272 g/mol. The van der Waals surface area contributed by atoms with Crippen molar-refractivity contribution in [3.05, 3.63) is 34.3 Å². The lowest BCUT2D eigenvalue weighted by atomic mass is 10.0. The normalized spacial score (nSPS) is 10.4. The first-order valence-corrected chi connectivity index (χ1v) is 5.41. The van der Waals surface area contributed by atoms with Crippen LogP contribution >= 0.6 is 15.9 Å². The van der Waals surface area contributed by atoms with Gasteiger partial charge >= 0.3 is 0 Å². The molecule has 0 fully saturated rings. The summed E-state index contributed by atoms with van der Waals surface area (Å²) in [5, 5.41) is 11.1. The van der Waals surface area contributed by atoms with E-state index in [4.69, 9.17) is 4.74 Å². The van der Waals surface area contributed by atoms with Crippen molar-refractivity contribution < 1.29 is 14.6 Å². The van der Waals surface area contributed by atoms with Crippen LogP contribution in [0.5, 0.6) is 11.5 Å². The van der Waals surface area contributed by atoms with Gasteiger partial charge in [-0.15, -0.1) is 0 Å². The summed E-state index contributed by atoms with van der Waals surface area (Å²) in [5.41, 5.74) is 0.267. The number of phenols is 1. The summed E-state index contributed by atoms with van der Waals surface area (Å²) < 4.78 is 5.82. The summed E-state index contributed by atoms with van der Waals surface area (Å²) in [6, 6.07) is 6.90. The Balaban J connectivity index is 2.93. The molecule has 82 valence electrons. The smallest absolute Gasteiger partial charge is 0.154 e. The third-order valence-corrected chi connectivity index (χ3v) is 3.23. The van der Waals surface area contributed by atoms with Crippen LogP contribution < -0.4 is 4.74 Å². The molecule has 0 bridgehead atoms. The second-order valence-electron chi connectivity index (χ2n) is 3.30. The van der Waals surface area contributed by atoms with Crippen LogP contribution in [0.25, 0.3) is 10.8 Å². The van der Waals surface area contributed by atoms with E-state index in [2.05, 4.69) is 15.9 Å². The van der Waals surface area contributed by atoms with Crippen molar-refractivity contribution in [2.45, 2.75) is 0 Å². The molecule has 2 rings (SSSR count). The molecular formula is C12H9BrO3. The van der Waals surface area contributed by atoms with Gasteiger partial charge in [-0.1, -0.05) is 12.1 Å². The second-order valence-corrected chi connectivity index (χ2v) is 4.09. The molecule has 0 atom stereocenters. The lowest BCUT2D eigenvalue weighted by Crippen LogP contribution is -1.90. The highest BCUT2D eigenvalue weighted by Gasteiger charge is 2.12. The first kappa shape index (κ1) is 11.0. The van der Waals surface area contributed by atoms with Gasteiger partial charge in [0.2, 0.25) is 0 Å². The number of methoxy groups -OCH3 is 1. The van der Waals surface area contributed by atoms with Crippen LogP contribution in [0, 0.1) is 0 Å². The number of rotatable bonds is 2. The molecule has 0 aliphatic carbocycles. The summed E-state index contributed by atoms with van der Waals surface area (Å²) in [6.45, 7) is 0. The van der Waals surface area contributed by atoms with Gasteiger partial charge in [-0.2, -0.15) is 0 Å². The van der Waals surface area contributed by atoms with Gasteiger partial charge in [0.1, 0.15) is 11.5 Å². The molecule has 0 heterocycles. The molecule has 0 aliphatic rings. The standard InChI is InChI=1S/C12H9BrO3/c1-16-10-5-3-7-2-4-9(15)8(6-14)11(7)12(10)13/h2-6,15H,1H3. The number of halogens is 1. The minimum absolute atomic E-state index is 0.0311. The minimum Gasteiger partial charge on any atom is -0.507 e. The molecule has 2 aromatic rings. The Morgan fingerprint density at radius 1 is 1.31 bits per heavy atom. The second kappa shape index (κ2) is 4.14. The van der Waals surface area contributed by atoms with Gasteiger partial charge in [0.05, 0.1) is 17.1 Å². The van der Waals surface area contributed by atoms with Gasteiger partial charge in [0.25, 0.3) is 0 Å². The number of aldehydes is 1. The third kappa shape index (κ3) is 1.55. The first-order chi connectivity index (χ1) is 7.69. The molecule has 0 radical (unpaired) electrons. The lowest BCUT2D eigenvalue weighted by Gasteiger charge is -2.09. The highest BCUT2D eigenvalue weighted by molar-refractivity contribution is 9.10. The Bertz CT molecular complexity index is 564. The van der Waals surface area contributed by atoms with E-state index in [0.717, 1.165) is 5.39 Å². The molecule has 0 amide bonds. The summed E-state index contributed by atoms with van der Waals surface area (Å²) in [5.74, 6) is 0.595. The maximum absolute atomic E-state index is 11.0. The maximum atomic E-state index is 11.0. The van der Waals surface area contributed by atoms with Crippen LogP contribution in [-0.2, 0) is 0 Å². The van der Waals surface area contributed by atoms with Gasteiger partial charge in [0.15, 0.2) is 6.29 Å². The Kier molecular flexibility index (Phi) is 2.83. The number of fused-ring (bicyclic) bond motifs is 1. The fourth-order valence-corrected chi connectivity index (χ4v) is 2.38. The van der Waals surface area contributed by atoms with E-state index < -0.39 is 0 Å². The number of phenolic OH excluding ortho intramolecular Hbond substituents is 1. The van der Waals surface area contributed by atoms with Crippen molar-refractivity contribution in [2.75, 3.05) is 7.11 Å². The Hall–Kier alpha value is -1.55. The predicted molar refractivity (Wildman–Crippen MR) is 65.3 cm³/mol. The average molecular weight is 281 g/mol. The van der Waals surface area contributed by atoms with E-state index in [9.17, 15) is 9.90 Å². The number of hydrogen-bond acceptors (Lipinski definition) is 3. The molecule has 3 nitrogen and oxygen atoms in total. The quantitative estimate of drug-likeness (QED) is 0.860. The lowest BCUT2D eigenvalue weighted by molar-refractivity contribution is 0.112. The Morgan fingerprint density at radius 2 is 2.00 bits per heavy atom. The van der Waals surface area contributed by atoms with Crippen molar-refractivity contribution in [3.63, 3.8) is 0 Å². The van der Waals surface area contributed by atoms with E-state index in [0.29, 0.717) is 21.9 Å². The first-order valence-electron chi connectivity index (χ1n) is 4.62. The van der Waals surface area contributed by atoms with Gasteiger partial charge in [0, 0.05) is 5.39 Å². The van der Waals surface area contributed by atoms with Crippen molar-refractivity contribution in [2.24, 2.45) is 0 Å². The van der Waals surface area contributed by atoms with Crippen LogP contribution in [-0.4, -0.2) is 18.5 Å². The van der Waals surface area contributed by atoms with E-state index in [1.165, 1.54) is 6.07 Å². The van der Waals surface area contributed by atoms with E-state index in [1.807, 2.05) is 6.07 Å². The summed E-state index contributed by atoms with van der Waals surface area (Å²) in [7, 11) is 1.55. The third-order valence-electron chi connectivity index (χ3n) is 2.44. The highest BCUT2D eigenvalue weighted by atomic mass is 79.9. The fraction of sp³-hybridized carbons (Fsp3) is 0.0833. The highest BCUT2D eigenvalue weighted by Crippen LogP contribution is 2.37. The molecule has 16 heavy (non-hydrogen) atoms. The Labute approximate surface area is 101 Å². The van der Waals surface area contributed by atoms with Crippen LogP contribution in [0.4, 0.5) is 0 Å². The zero-order valence-corrected chi connectivity index (χ0v) is 10.1. The number of benzene rings is 2. The molecule has 2 aromatic carbocycles. The maximum Gasteiger partial charge on any atom is 0.154 e. The number of aromatic hydroxyl groups is 1. The van der Waals surface area contributed by atoms with Crippen LogP contribution in [0.1, 0.15) is 10.4 Å². The van der Waals surface area contributed by atoms with Gasteiger partial charge in [-0.3, -0.25) is 4.79 Å². The SMILES string of the molecule is COc1ccc2ccc(O)c(C=O)c2c1Br. The molecule has 4 heteroatoms. The molecule has 0 aliphatic heterocycles. The van der Waals surface area contributed by atoms with Gasteiger partial charge < -0.3 is 9.84 Å². The molecule has 0 spiro atoms. The van der Waals surface area contributed by atoms with Crippen molar-refractivity contribution >= 4 is 33.0 Å². The van der Waals surface area contributed by atoms with Crippen LogP contribution in [0.15, 0.2) is 28.7 Å². The Morgan fingerprint density at radius 3 is 2.62 bits per heavy atom. The van der Waals surface area contributed by atoms with Crippen molar-refractivity contribution in [1.82, 2.24) is 0 Å². The molecule has 1 N–H and O–H groups in total. The van der Waals surface area contributed by atoms with E-state index >= 15 is 0 Å². The zero-order valence-electron chi connectivity index (χ0n) is 8.53. The van der Waals surface area contributed by atoms with Gasteiger partial charge in [-0.05, 0) is 33.4 Å².